The van der Waals surface area contributed by atoms with Crippen LogP contribution in [-0.2, 0) is 9.84 Å². The van der Waals surface area contributed by atoms with Gasteiger partial charge < -0.3 is 20.5 Å². The summed E-state index contributed by atoms with van der Waals surface area (Å²) in [5.74, 6) is 0.812. The summed E-state index contributed by atoms with van der Waals surface area (Å²) in [5.41, 5.74) is -0.0684. The van der Waals surface area contributed by atoms with Gasteiger partial charge in [-0.25, -0.2) is 13.2 Å². The van der Waals surface area contributed by atoms with Crippen LogP contribution >= 0.6 is 0 Å². The van der Waals surface area contributed by atoms with E-state index in [9.17, 15) is 18.3 Å². The predicted molar refractivity (Wildman–Crippen MR) is 110 cm³/mol. The van der Waals surface area contributed by atoms with E-state index in [1.807, 2.05) is 0 Å². The van der Waals surface area contributed by atoms with E-state index in [2.05, 4.69) is 31.4 Å². The van der Waals surface area contributed by atoms with Crippen LogP contribution in [0, 0.1) is 11.3 Å². The van der Waals surface area contributed by atoms with Crippen LogP contribution in [0.1, 0.15) is 40.0 Å². The van der Waals surface area contributed by atoms with Crippen molar-refractivity contribution in [2.45, 2.75) is 45.6 Å². The van der Waals surface area contributed by atoms with Gasteiger partial charge in [-0.2, -0.15) is 0 Å². The Morgan fingerprint density at radius 2 is 2.04 bits per heavy atom. The molecule has 2 amide bonds. The molecule has 8 heteroatoms. The van der Waals surface area contributed by atoms with Crippen LogP contribution in [0.3, 0.4) is 0 Å². The van der Waals surface area contributed by atoms with E-state index < -0.39 is 15.4 Å². The number of hydrogen-bond acceptors (Lipinski definition) is 5. The summed E-state index contributed by atoms with van der Waals surface area (Å²) in [4.78, 5) is 12.6. The summed E-state index contributed by atoms with van der Waals surface area (Å²) in [7, 11) is -3.09. The molecule has 158 valence electrons. The maximum Gasteiger partial charge on any atom is 0.319 e. The second kappa shape index (κ2) is 8.69. The molecular formula is C20H32N2O5S. The summed E-state index contributed by atoms with van der Waals surface area (Å²) in [5, 5.41) is 15.8. The molecular weight excluding hydrogens is 380 g/mol. The standard InChI is InChI=1S/C20H32N2O5S/c1-15-11-19(2,3)13-20(12-15,14-23)22-18(24)21-16-6-5-7-17(10-16)27-8-9-28(4,25)26/h5-7,10,15,23H,8-9,11-14H2,1-4H3,(H2,21,22,24)/t15-,20-/m1/s1. The molecule has 1 fully saturated rings. The molecule has 0 heterocycles. The number of rotatable bonds is 7. The Morgan fingerprint density at radius 1 is 1.32 bits per heavy atom. The zero-order chi connectivity index (χ0) is 21.0. The highest BCUT2D eigenvalue weighted by Gasteiger charge is 2.43. The summed E-state index contributed by atoms with van der Waals surface area (Å²) < 4.78 is 27.8. The molecule has 28 heavy (non-hydrogen) atoms. The van der Waals surface area contributed by atoms with E-state index in [-0.39, 0.29) is 30.4 Å². The van der Waals surface area contributed by atoms with E-state index >= 15 is 0 Å². The van der Waals surface area contributed by atoms with Gasteiger partial charge in [0.2, 0.25) is 0 Å². The molecule has 0 saturated heterocycles. The number of carbonyl (C=O) groups excluding carboxylic acids is 1. The fraction of sp³-hybridized carbons (Fsp3) is 0.650. The molecule has 0 spiro atoms. The molecule has 1 aromatic carbocycles. The first-order chi connectivity index (χ1) is 12.9. The quantitative estimate of drug-likeness (QED) is 0.639. The number of ether oxygens (including phenoxy) is 1. The van der Waals surface area contributed by atoms with Crippen molar-refractivity contribution >= 4 is 21.6 Å². The van der Waals surface area contributed by atoms with Crippen molar-refractivity contribution in [3.8, 4) is 5.75 Å². The molecule has 2 rings (SSSR count). The Bertz CT molecular complexity index is 794. The first kappa shape index (κ1) is 22.5. The molecule has 2 atom stereocenters. The molecule has 0 aliphatic heterocycles. The number of carbonyl (C=O) groups is 1. The first-order valence-corrected chi connectivity index (χ1v) is 11.6. The highest BCUT2D eigenvalue weighted by molar-refractivity contribution is 7.90. The van der Waals surface area contributed by atoms with Crippen molar-refractivity contribution in [3.63, 3.8) is 0 Å². The van der Waals surface area contributed by atoms with Crippen LogP contribution in [0.2, 0.25) is 0 Å². The lowest BCUT2D eigenvalue weighted by molar-refractivity contribution is 0.0446. The Kier molecular flexibility index (Phi) is 6.98. The SMILES string of the molecule is C[C@@H]1CC(C)(C)C[C@](CO)(NC(=O)Nc2cccc(OCCS(C)(=O)=O)c2)C1. The summed E-state index contributed by atoms with van der Waals surface area (Å²) in [6.07, 6.45) is 3.66. The number of aliphatic hydroxyl groups is 1. The minimum atomic E-state index is -3.09. The largest absolute Gasteiger partial charge is 0.492 e. The third-order valence-electron chi connectivity index (χ3n) is 4.95. The van der Waals surface area contributed by atoms with E-state index in [0.29, 0.717) is 23.8 Å². The van der Waals surface area contributed by atoms with Gasteiger partial charge in [-0.05, 0) is 42.7 Å². The zero-order valence-electron chi connectivity index (χ0n) is 17.1. The summed E-state index contributed by atoms with van der Waals surface area (Å²) in [6.45, 7) is 6.40. The molecule has 7 nitrogen and oxygen atoms in total. The number of amides is 2. The van der Waals surface area contributed by atoms with Crippen molar-refractivity contribution in [1.29, 1.82) is 0 Å². The average molecular weight is 413 g/mol. The van der Waals surface area contributed by atoms with Gasteiger partial charge in [0.05, 0.1) is 17.9 Å². The Hall–Kier alpha value is -1.80. The maximum atomic E-state index is 12.6. The van der Waals surface area contributed by atoms with Gasteiger partial charge in [0.15, 0.2) is 9.84 Å². The van der Waals surface area contributed by atoms with Gasteiger partial charge in [0, 0.05) is 18.0 Å². The monoisotopic (exact) mass is 412 g/mol. The van der Waals surface area contributed by atoms with Crippen molar-refractivity contribution in [2.75, 3.05) is 30.5 Å². The van der Waals surface area contributed by atoms with E-state index in [4.69, 9.17) is 4.74 Å². The predicted octanol–water partition coefficient (Wildman–Crippen LogP) is 2.81. The average Bonchev–Trinajstić information content (AvgIpc) is 2.51. The van der Waals surface area contributed by atoms with Gasteiger partial charge >= 0.3 is 6.03 Å². The van der Waals surface area contributed by atoms with Crippen LogP contribution < -0.4 is 15.4 Å². The zero-order valence-corrected chi connectivity index (χ0v) is 17.9. The third-order valence-corrected chi connectivity index (χ3v) is 5.86. The molecule has 1 saturated carbocycles. The fourth-order valence-corrected chi connectivity index (χ4v) is 4.76. The molecule has 0 unspecified atom stereocenters. The number of nitrogens with one attached hydrogen (secondary N) is 2. The molecule has 3 N–H and O–H groups in total. The van der Waals surface area contributed by atoms with Crippen molar-refractivity contribution < 1.29 is 23.1 Å². The van der Waals surface area contributed by atoms with Gasteiger partial charge in [-0.15, -0.1) is 0 Å². The highest BCUT2D eigenvalue weighted by Crippen LogP contribution is 2.43. The Morgan fingerprint density at radius 3 is 2.64 bits per heavy atom. The number of sulfone groups is 1. The van der Waals surface area contributed by atoms with E-state index in [0.717, 1.165) is 19.1 Å². The number of hydrogen-bond donors (Lipinski definition) is 3. The van der Waals surface area contributed by atoms with Crippen LogP contribution in [0.15, 0.2) is 24.3 Å². The lowest BCUT2D eigenvalue weighted by Crippen LogP contribution is -2.58. The maximum absolute atomic E-state index is 12.6. The normalized spacial score (nSPS) is 24.4. The second-order valence-corrected chi connectivity index (χ2v) is 11.1. The van der Waals surface area contributed by atoms with Crippen molar-refractivity contribution in [2.24, 2.45) is 11.3 Å². The molecule has 0 radical (unpaired) electrons. The van der Waals surface area contributed by atoms with E-state index in [1.165, 1.54) is 0 Å². The van der Waals surface area contributed by atoms with Crippen LogP contribution in [-0.4, -0.2) is 50.3 Å². The first-order valence-electron chi connectivity index (χ1n) is 9.53. The number of anilines is 1. The molecule has 0 bridgehead atoms. The topological polar surface area (TPSA) is 105 Å². The second-order valence-electron chi connectivity index (χ2n) is 8.88. The molecule has 1 aliphatic carbocycles. The van der Waals surface area contributed by atoms with Gasteiger partial charge in [0.1, 0.15) is 12.4 Å². The minimum absolute atomic E-state index is 0.0427. The smallest absolute Gasteiger partial charge is 0.319 e. The van der Waals surface area contributed by atoms with Crippen LogP contribution in [0.25, 0.3) is 0 Å². The Labute approximate surface area is 167 Å². The molecule has 0 aromatic heterocycles. The number of urea groups is 1. The van der Waals surface area contributed by atoms with Crippen molar-refractivity contribution in [1.82, 2.24) is 5.32 Å². The summed E-state index contributed by atoms with van der Waals surface area (Å²) in [6, 6.07) is 6.40. The Balaban J connectivity index is 1.99. The third kappa shape index (κ3) is 6.98. The van der Waals surface area contributed by atoms with Crippen LogP contribution in [0.4, 0.5) is 10.5 Å². The van der Waals surface area contributed by atoms with Crippen molar-refractivity contribution in [3.05, 3.63) is 24.3 Å². The van der Waals surface area contributed by atoms with E-state index in [1.54, 1.807) is 24.3 Å². The lowest BCUT2D eigenvalue weighted by Gasteiger charge is -2.47. The lowest BCUT2D eigenvalue weighted by atomic mass is 9.64. The number of aliphatic hydroxyl groups excluding tert-OH is 1. The van der Waals surface area contributed by atoms with Gasteiger partial charge in [-0.1, -0.05) is 26.8 Å². The number of benzene rings is 1. The van der Waals surface area contributed by atoms with Gasteiger partial charge in [0.25, 0.3) is 0 Å². The fourth-order valence-electron chi connectivity index (χ4n) is 4.38. The highest BCUT2D eigenvalue weighted by atomic mass is 32.2. The molecule has 1 aromatic rings. The minimum Gasteiger partial charge on any atom is -0.492 e. The van der Waals surface area contributed by atoms with Gasteiger partial charge in [-0.3, -0.25) is 0 Å². The molecule has 1 aliphatic rings. The van der Waals surface area contributed by atoms with Crippen LogP contribution in [0.5, 0.6) is 5.75 Å². The summed E-state index contributed by atoms with van der Waals surface area (Å²) >= 11 is 0.